The standard InChI is InChI=1S/C9H9F3O/c1-7-2-4-8(5-3-7)6-13-9(10,11)12/h2-5H,6H2,1H3. The fraction of sp³-hybridized carbons (Fsp3) is 0.333. The molecule has 0 amide bonds. The Labute approximate surface area is 74.1 Å². The van der Waals surface area contributed by atoms with Crippen LogP contribution in [0.5, 0.6) is 0 Å². The molecule has 0 aliphatic carbocycles. The van der Waals surface area contributed by atoms with Gasteiger partial charge in [0, 0.05) is 0 Å². The fourth-order valence-electron chi connectivity index (χ4n) is 0.849. The van der Waals surface area contributed by atoms with Crippen LogP contribution in [0.15, 0.2) is 24.3 Å². The molecule has 0 spiro atoms. The van der Waals surface area contributed by atoms with Gasteiger partial charge in [-0.15, -0.1) is 13.2 Å². The van der Waals surface area contributed by atoms with Crippen LogP contribution in [-0.2, 0) is 11.3 Å². The molecule has 13 heavy (non-hydrogen) atoms. The maximum absolute atomic E-state index is 11.6. The van der Waals surface area contributed by atoms with Gasteiger partial charge in [0.05, 0.1) is 6.61 Å². The Morgan fingerprint density at radius 1 is 1.15 bits per heavy atom. The van der Waals surface area contributed by atoms with Crippen LogP contribution in [0.3, 0.4) is 0 Å². The van der Waals surface area contributed by atoms with E-state index in [2.05, 4.69) is 4.74 Å². The third-order valence-corrected chi connectivity index (χ3v) is 1.52. The second-order valence-electron chi connectivity index (χ2n) is 2.72. The molecule has 1 aromatic rings. The zero-order valence-electron chi connectivity index (χ0n) is 7.06. The van der Waals surface area contributed by atoms with E-state index in [1.807, 2.05) is 6.92 Å². The summed E-state index contributed by atoms with van der Waals surface area (Å²) in [6, 6.07) is 6.71. The lowest BCUT2D eigenvalue weighted by Crippen LogP contribution is -2.12. The number of benzene rings is 1. The van der Waals surface area contributed by atoms with E-state index in [-0.39, 0.29) is 0 Å². The van der Waals surface area contributed by atoms with Crippen LogP contribution in [0.4, 0.5) is 13.2 Å². The van der Waals surface area contributed by atoms with E-state index in [1.54, 1.807) is 24.3 Å². The first-order valence-corrected chi connectivity index (χ1v) is 3.73. The Balaban J connectivity index is 2.51. The maximum atomic E-state index is 11.6. The Kier molecular flexibility index (Phi) is 2.93. The Morgan fingerprint density at radius 3 is 2.15 bits per heavy atom. The predicted molar refractivity (Wildman–Crippen MR) is 42.0 cm³/mol. The van der Waals surface area contributed by atoms with Crippen LogP contribution >= 0.6 is 0 Å². The molecule has 0 fully saturated rings. The Bertz CT molecular complexity index is 263. The van der Waals surface area contributed by atoms with Crippen molar-refractivity contribution >= 4 is 0 Å². The van der Waals surface area contributed by atoms with Crippen molar-refractivity contribution < 1.29 is 17.9 Å². The Hall–Kier alpha value is -1.03. The molecule has 0 atom stereocenters. The summed E-state index contributed by atoms with van der Waals surface area (Å²) >= 11 is 0. The summed E-state index contributed by atoms with van der Waals surface area (Å²) in [5, 5.41) is 0. The maximum Gasteiger partial charge on any atom is 0.522 e. The average Bonchev–Trinajstić information content (AvgIpc) is 2.02. The van der Waals surface area contributed by atoms with Gasteiger partial charge in [-0.05, 0) is 12.5 Å². The van der Waals surface area contributed by atoms with Crippen LogP contribution in [0, 0.1) is 6.92 Å². The lowest BCUT2D eigenvalue weighted by Gasteiger charge is -2.06. The molecule has 1 nitrogen and oxygen atoms in total. The van der Waals surface area contributed by atoms with E-state index in [9.17, 15) is 13.2 Å². The third kappa shape index (κ3) is 3.94. The lowest BCUT2D eigenvalue weighted by atomic mass is 10.2. The normalized spacial score (nSPS) is 11.7. The van der Waals surface area contributed by atoms with Crippen LogP contribution in [0.1, 0.15) is 11.1 Å². The van der Waals surface area contributed by atoms with Gasteiger partial charge in [-0.2, -0.15) is 0 Å². The number of hydrogen-bond donors (Lipinski definition) is 0. The van der Waals surface area contributed by atoms with Crippen molar-refractivity contribution in [1.29, 1.82) is 0 Å². The first-order valence-electron chi connectivity index (χ1n) is 3.73. The topological polar surface area (TPSA) is 9.23 Å². The number of ether oxygens (including phenoxy) is 1. The van der Waals surface area contributed by atoms with E-state index in [0.29, 0.717) is 5.56 Å². The molecule has 1 rings (SSSR count). The number of aryl methyl sites for hydroxylation is 1. The summed E-state index contributed by atoms with van der Waals surface area (Å²) in [5.74, 6) is 0. The van der Waals surface area contributed by atoms with E-state index >= 15 is 0 Å². The van der Waals surface area contributed by atoms with Gasteiger partial charge in [-0.25, -0.2) is 0 Å². The van der Waals surface area contributed by atoms with Crippen molar-refractivity contribution in [2.24, 2.45) is 0 Å². The van der Waals surface area contributed by atoms with Crippen molar-refractivity contribution in [1.82, 2.24) is 0 Å². The molecule has 0 aromatic heterocycles. The molecular formula is C9H9F3O. The van der Waals surface area contributed by atoms with Crippen LogP contribution < -0.4 is 0 Å². The number of alkyl halides is 3. The molecule has 4 heteroatoms. The molecular weight excluding hydrogens is 181 g/mol. The second-order valence-corrected chi connectivity index (χ2v) is 2.72. The van der Waals surface area contributed by atoms with Gasteiger partial charge in [-0.3, -0.25) is 4.74 Å². The molecule has 0 unspecified atom stereocenters. The molecule has 1 aromatic carbocycles. The molecule has 0 N–H and O–H groups in total. The molecule has 0 saturated carbocycles. The van der Waals surface area contributed by atoms with E-state index in [0.717, 1.165) is 5.56 Å². The molecule has 0 aliphatic heterocycles. The summed E-state index contributed by atoms with van der Waals surface area (Å²) in [5.41, 5.74) is 1.53. The smallest absolute Gasteiger partial charge is 0.287 e. The van der Waals surface area contributed by atoms with Crippen molar-refractivity contribution in [3.05, 3.63) is 35.4 Å². The first-order chi connectivity index (χ1) is 5.97. The SMILES string of the molecule is Cc1ccc(COC(F)(F)F)cc1. The van der Waals surface area contributed by atoms with Crippen LogP contribution in [-0.4, -0.2) is 6.36 Å². The van der Waals surface area contributed by atoms with Gasteiger partial charge in [0.15, 0.2) is 0 Å². The summed E-state index contributed by atoms with van der Waals surface area (Å²) in [6.45, 7) is 1.44. The minimum absolute atomic E-state index is 0.427. The van der Waals surface area contributed by atoms with E-state index in [4.69, 9.17) is 0 Å². The highest BCUT2D eigenvalue weighted by molar-refractivity contribution is 5.20. The highest BCUT2D eigenvalue weighted by atomic mass is 19.4. The molecule has 0 aliphatic rings. The quantitative estimate of drug-likeness (QED) is 0.696. The summed E-state index contributed by atoms with van der Waals surface area (Å²) < 4.78 is 38.5. The van der Waals surface area contributed by atoms with Gasteiger partial charge in [0.25, 0.3) is 0 Å². The summed E-state index contributed by atoms with van der Waals surface area (Å²) in [7, 11) is 0. The van der Waals surface area contributed by atoms with Crippen molar-refractivity contribution in [3.63, 3.8) is 0 Å². The molecule has 0 bridgehead atoms. The predicted octanol–water partition coefficient (Wildman–Crippen LogP) is 3.03. The zero-order valence-corrected chi connectivity index (χ0v) is 7.06. The zero-order chi connectivity index (χ0) is 9.90. The monoisotopic (exact) mass is 190 g/mol. The Morgan fingerprint density at radius 2 is 1.69 bits per heavy atom. The number of rotatable bonds is 2. The summed E-state index contributed by atoms with van der Waals surface area (Å²) in [6.07, 6.45) is -4.55. The molecule has 72 valence electrons. The van der Waals surface area contributed by atoms with E-state index < -0.39 is 13.0 Å². The fourth-order valence-corrected chi connectivity index (χ4v) is 0.849. The highest BCUT2D eigenvalue weighted by Crippen LogP contribution is 2.18. The molecule has 0 radical (unpaired) electrons. The first kappa shape index (κ1) is 10.1. The van der Waals surface area contributed by atoms with Crippen molar-refractivity contribution in [3.8, 4) is 0 Å². The molecule has 0 heterocycles. The van der Waals surface area contributed by atoms with Crippen molar-refractivity contribution in [2.45, 2.75) is 19.9 Å². The van der Waals surface area contributed by atoms with Gasteiger partial charge in [0.2, 0.25) is 0 Å². The summed E-state index contributed by atoms with van der Waals surface area (Å²) in [4.78, 5) is 0. The van der Waals surface area contributed by atoms with Crippen LogP contribution in [0.2, 0.25) is 0 Å². The largest absolute Gasteiger partial charge is 0.522 e. The van der Waals surface area contributed by atoms with Crippen LogP contribution in [0.25, 0.3) is 0 Å². The van der Waals surface area contributed by atoms with Gasteiger partial charge >= 0.3 is 6.36 Å². The van der Waals surface area contributed by atoms with Crippen molar-refractivity contribution in [2.75, 3.05) is 0 Å². The van der Waals surface area contributed by atoms with E-state index in [1.165, 1.54) is 0 Å². The molecule has 0 saturated heterocycles. The van der Waals surface area contributed by atoms with Gasteiger partial charge in [0.1, 0.15) is 0 Å². The lowest BCUT2D eigenvalue weighted by molar-refractivity contribution is -0.330. The average molecular weight is 190 g/mol. The van der Waals surface area contributed by atoms with Gasteiger partial charge < -0.3 is 0 Å². The second kappa shape index (κ2) is 3.79. The third-order valence-electron chi connectivity index (χ3n) is 1.52. The minimum atomic E-state index is -4.55. The minimum Gasteiger partial charge on any atom is -0.287 e. The van der Waals surface area contributed by atoms with Gasteiger partial charge in [-0.1, -0.05) is 29.8 Å². The highest BCUT2D eigenvalue weighted by Gasteiger charge is 2.28. The number of hydrogen-bond acceptors (Lipinski definition) is 1. The number of halogens is 3.